The minimum atomic E-state index is -0.206. The van der Waals surface area contributed by atoms with Gasteiger partial charge in [-0.1, -0.05) is 17.7 Å². The van der Waals surface area contributed by atoms with Crippen LogP contribution in [0.25, 0.3) is 11.1 Å². The van der Waals surface area contributed by atoms with Crippen LogP contribution in [0.5, 0.6) is 11.6 Å². The predicted octanol–water partition coefficient (Wildman–Crippen LogP) is 5.04. The fraction of sp³-hybridized carbons (Fsp3) is 0.452. The summed E-state index contributed by atoms with van der Waals surface area (Å²) in [5.41, 5.74) is 4.21. The number of thiazole rings is 1. The van der Waals surface area contributed by atoms with Crippen molar-refractivity contribution in [2.75, 3.05) is 31.6 Å². The number of aromatic nitrogens is 9. The second kappa shape index (κ2) is 14.7. The summed E-state index contributed by atoms with van der Waals surface area (Å²) >= 11 is 8.01. The van der Waals surface area contributed by atoms with E-state index in [-0.39, 0.29) is 6.10 Å². The minimum Gasteiger partial charge on any atom is -0.487 e. The molecule has 1 aromatic carbocycles. The Labute approximate surface area is 281 Å². The van der Waals surface area contributed by atoms with Crippen molar-refractivity contribution in [3.8, 4) is 22.8 Å². The molecule has 2 aliphatic rings. The Kier molecular flexibility index (Phi) is 9.84. The van der Waals surface area contributed by atoms with Crippen LogP contribution in [-0.4, -0.2) is 88.3 Å². The minimum absolute atomic E-state index is 0.206. The van der Waals surface area contributed by atoms with E-state index in [0.29, 0.717) is 47.8 Å². The lowest BCUT2D eigenvalue weighted by atomic mass is 9.90. The van der Waals surface area contributed by atoms with E-state index in [9.17, 15) is 0 Å². The standard InChI is InChI=1S/C31H36ClN11O3S/c1-21(16-42-19-36-39-40-42)46-29-12-22(2-7-27(29)32)23-13-34-31(35-14-23)37-28-17-43(38-30(28)45-18-26-15-33-20-47-26)25-5-3-24(4-6-25)41-8-10-44-11-9-41/h2,7,12-15,17,19-21,24-25H,3-6,8-11,16,18H2,1H3,(H,34,35,37)/t21-,24?,25?/m0/s1. The molecule has 0 amide bonds. The first-order valence-corrected chi connectivity index (χ1v) is 17.0. The fourth-order valence-corrected chi connectivity index (χ4v) is 6.72. The molecule has 16 heteroatoms. The highest BCUT2D eigenvalue weighted by atomic mass is 35.5. The second-order valence-electron chi connectivity index (χ2n) is 11.7. The van der Waals surface area contributed by atoms with E-state index in [0.717, 1.165) is 73.7 Å². The van der Waals surface area contributed by atoms with Gasteiger partial charge in [0, 0.05) is 43.3 Å². The topological polar surface area (TPSA) is 143 Å². The molecule has 5 aromatic rings. The van der Waals surface area contributed by atoms with Gasteiger partial charge in [0.25, 0.3) is 5.88 Å². The molecule has 1 aliphatic heterocycles. The molecule has 1 saturated heterocycles. The molecule has 47 heavy (non-hydrogen) atoms. The summed E-state index contributed by atoms with van der Waals surface area (Å²) in [7, 11) is 0. The first-order chi connectivity index (χ1) is 23.1. The Balaban J connectivity index is 1.03. The summed E-state index contributed by atoms with van der Waals surface area (Å²) in [5.74, 6) is 1.50. The molecular weight excluding hydrogens is 642 g/mol. The van der Waals surface area contributed by atoms with E-state index in [1.807, 2.05) is 36.1 Å². The maximum atomic E-state index is 6.46. The van der Waals surface area contributed by atoms with Gasteiger partial charge in [-0.15, -0.1) is 21.5 Å². The van der Waals surface area contributed by atoms with Crippen LogP contribution in [0.1, 0.15) is 43.5 Å². The number of rotatable bonds is 12. The fourth-order valence-electron chi connectivity index (χ4n) is 6.05. The molecule has 246 valence electrons. The SMILES string of the molecule is C[C@@H](Cn1cnnn1)Oc1cc(-c2cnc(Nc3cn(C4CCC(N5CCOCC5)CC4)nc3OCc3cncs3)nc2)ccc1Cl. The summed E-state index contributed by atoms with van der Waals surface area (Å²) in [6.45, 7) is 6.51. The van der Waals surface area contributed by atoms with E-state index in [2.05, 4.69) is 40.7 Å². The lowest BCUT2D eigenvalue weighted by molar-refractivity contribution is 0.00503. The molecule has 14 nitrogen and oxygen atoms in total. The Hall–Kier alpha value is -4.18. The van der Waals surface area contributed by atoms with E-state index >= 15 is 0 Å². The van der Waals surface area contributed by atoms with Crippen molar-refractivity contribution in [1.82, 2.24) is 49.8 Å². The van der Waals surface area contributed by atoms with E-state index in [1.54, 1.807) is 46.3 Å². The highest BCUT2D eigenvalue weighted by molar-refractivity contribution is 7.09. The van der Waals surface area contributed by atoms with Crippen LogP contribution >= 0.6 is 22.9 Å². The average molecular weight is 678 g/mol. The van der Waals surface area contributed by atoms with Gasteiger partial charge in [-0.3, -0.25) is 14.6 Å². The van der Waals surface area contributed by atoms with E-state index < -0.39 is 0 Å². The molecule has 0 bridgehead atoms. The zero-order chi connectivity index (χ0) is 32.0. The van der Waals surface area contributed by atoms with Crippen LogP contribution < -0.4 is 14.8 Å². The molecule has 0 spiro atoms. The number of anilines is 2. The first-order valence-electron chi connectivity index (χ1n) is 15.7. The summed E-state index contributed by atoms with van der Waals surface area (Å²) in [6, 6.07) is 6.51. The van der Waals surface area contributed by atoms with Gasteiger partial charge < -0.3 is 19.5 Å². The van der Waals surface area contributed by atoms with Crippen molar-refractivity contribution in [2.45, 2.75) is 63.9 Å². The molecule has 2 fully saturated rings. The highest BCUT2D eigenvalue weighted by Crippen LogP contribution is 2.36. The van der Waals surface area contributed by atoms with Gasteiger partial charge in [-0.25, -0.2) is 14.6 Å². The summed E-state index contributed by atoms with van der Waals surface area (Å²) < 4.78 is 21.5. The van der Waals surface area contributed by atoms with Gasteiger partial charge >= 0.3 is 0 Å². The molecule has 4 aromatic heterocycles. The smallest absolute Gasteiger partial charge is 0.257 e. The molecule has 1 aliphatic carbocycles. The number of ether oxygens (including phenoxy) is 3. The van der Waals surface area contributed by atoms with Crippen LogP contribution in [0.3, 0.4) is 0 Å². The van der Waals surface area contributed by atoms with Crippen molar-refractivity contribution >= 4 is 34.6 Å². The monoisotopic (exact) mass is 677 g/mol. The third kappa shape index (κ3) is 7.87. The van der Waals surface area contributed by atoms with Crippen molar-refractivity contribution in [3.05, 3.63) is 64.7 Å². The second-order valence-corrected chi connectivity index (χ2v) is 13.1. The Morgan fingerprint density at radius 2 is 1.87 bits per heavy atom. The van der Waals surface area contributed by atoms with Gasteiger partial charge in [-0.2, -0.15) is 0 Å². The van der Waals surface area contributed by atoms with Crippen LogP contribution in [-0.2, 0) is 17.9 Å². The zero-order valence-corrected chi connectivity index (χ0v) is 27.6. The van der Waals surface area contributed by atoms with Crippen molar-refractivity contribution < 1.29 is 14.2 Å². The third-order valence-corrected chi connectivity index (χ3v) is 9.53. The van der Waals surface area contributed by atoms with E-state index in [1.165, 1.54) is 0 Å². The van der Waals surface area contributed by atoms with Crippen LogP contribution in [0.15, 0.2) is 54.8 Å². The van der Waals surface area contributed by atoms with E-state index in [4.69, 9.17) is 30.9 Å². The van der Waals surface area contributed by atoms with Crippen LogP contribution in [0, 0.1) is 0 Å². The predicted molar refractivity (Wildman–Crippen MR) is 176 cm³/mol. The average Bonchev–Trinajstić information content (AvgIpc) is 3.89. The Morgan fingerprint density at radius 1 is 1.06 bits per heavy atom. The Bertz CT molecular complexity index is 1710. The Morgan fingerprint density at radius 3 is 2.62 bits per heavy atom. The van der Waals surface area contributed by atoms with Gasteiger partial charge in [0.2, 0.25) is 5.95 Å². The molecule has 1 atom stereocenters. The number of benzene rings is 1. The summed E-state index contributed by atoms with van der Waals surface area (Å²) in [4.78, 5) is 17.0. The molecule has 1 saturated carbocycles. The normalized spacial score (nSPS) is 19.4. The molecular formula is C31H36ClN11O3S. The summed E-state index contributed by atoms with van der Waals surface area (Å²) in [5, 5.41) is 20.0. The zero-order valence-electron chi connectivity index (χ0n) is 26.0. The lowest BCUT2D eigenvalue weighted by Crippen LogP contribution is -2.45. The molecule has 0 radical (unpaired) electrons. The van der Waals surface area contributed by atoms with Crippen LogP contribution in [0.4, 0.5) is 11.6 Å². The number of morpholine rings is 1. The van der Waals surface area contributed by atoms with Crippen molar-refractivity contribution in [3.63, 3.8) is 0 Å². The lowest BCUT2D eigenvalue weighted by Gasteiger charge is -2.38. The largest absolute Gasteiger partial charge is 0.487 e. The molecule has 5 heterocycles. The molecule has 0 unspecified atom stereocenters. The number of halogens is 1. The van der Waals surface area contributed by atoms with Gasteiger partial charge in [0.05, 0.1) is 47.4 Å². The first kappa shape index (κ1) is 31.4. The van der Waals surface area contributed by atoms with Crippen LogP contribution in [0.2, 0.25) is 5.02 Å². The summed E-state index contributed by atoms with van der Waals surface area (Å²) in [6.07, 6.45) is 13.1. The highest BCUT2D eigenvalue weighted by Gasteiger charge is 2.29. The van der Waals surface area contributed by atoms with Crippen molar-refractivity contribution in [1.29, 1.82) is 0 Å². The van der Waals surface area contributed by atoms with Gasteiger partial charge in [0.1, 0.15) is 30.5 Å². The third-order valence-electron chi connectivity index (χ3n) is 8.46. The van der Waals surface area contributed by atoms with Gasteiger partial charge in [-0.05, 0) is 60.7 Å². The molecule has 1 N–H and O–H groups in total. The maximum Gasteiger partial charge on any atom is 0.257 e. The number of hydrogen-bond acceptors (Lipinski definition) is 13. The maximum absolute atomic E-state index is 6.46. The number of nitrogens with one attached hydrogen (secondary N) is 1. The van der Waals surface area contributed by atoms with Crippen molar-refractivity contribution in [2.24, 2.45) is 0 Å². The molecule has 7 rings (SSSR count). The number of tetrazole rings is 1. The number of nitrogens with zero attached hydrogens (tertiary/aromatic N) is 10. The number of hydrogen-bond donors (Lipinski definition) is 1. The quantitative estimate of drug-likeness (QED) is 0.189. The van der Waals surface area contributed by atoms with Gasteiger partial charge in [0.15, 0.2) is 0 Å².